The standard InChI is InChI=1S/C17H15ClN2O6S/c1-9-7-27(25)16-13(19-8-21)15(23)20(16)14(9)17(24)26-6-12(22)10-2-4-11(18)5-3-10/h2-5,8,13-14,16H,1,6-7H2,(H,19,21)/t13?,14?,16-,27?/m0/s1. The number of halogens is 1. The Morgan fingerprint density at radius 1 is 1.37 bits per heavy atom. The second-order valence-electron chi connectivity index (χ2n) is 6.02. The molecule has 0 spiro atoms. The summed E-state index contributed by atoms with van der Waals surface area (Å²) < 4.78 is 17.3. The van der Waals surface area contributed by atoms with E-state index in [0.29, 0.717) is 17.0 Å². The molecule has 10 heteroatoms. The average Bonchev–Trinajstić information content (AvgIpc) is 2.64. The zero-order chi connectivity index (χ0) is 19.7. The van der Waals surface area contributed by atoms with Crippen LogP contribution in [0.3, 0.4) is 0 Å². The fraction of sp³-hybridized carbons (Fsp3) is 0.294. The number of Topliss-reactive ketones (excluding diaryl/α,β-unsaturated/α-hetero) is 1. The van der Waals surface area contributed by atoms with Crippen molar-refractivity contribution in [3.05, 3.63) is 47.0 Å². The molecule has 2 fully saturated rings. The van der Waals surface area contributed by atoms with Crippen LogP contribution in [0.4, 0.5) is 0 Å². The smallest absolute Gasteiger partial charge is 0.333 e. The molecule has 2 heterocycles. The summed E-state index contributed by atoms with van der Waals surface area (Å²) >= 11 is 5.76. The maximum Gasteiger partial charge on any atom is 0.333 e. The molecule has 2 saturated heterocycles. The lowest BCUT2D eigenvalue weighted by atomic mass is 9.99. The number of carbonyl (C=O) groups excluding carboxylic acids is 4. The molecule has 27 heavy (non-hydrogen) atoms. The Morgan fingerprint density at radius 3 is 2.67 bits per heavy atom. The Balaban J connectivity index is 1.68. The molecule has 1 aromatic rings. The average molecular weight is 411 g/mol. The van der Waals surface area contributed by atoms with Crippen LogP contribution in [0, 0.1) is 0 Å². The quantitative estimate of drug-likeness (QED) is 0.233. The van der Waals surface area contributed by atoms with Crippen LogP contribution in [0.1, 0.15) is 10.4 Å². The molecule has 4 atom stereocenters. The molecule has 2 aliphatic rings. The van der Waals surface area contributed by atoms with Gasteiger partial charge in [-0.15, -0.1) is 0 Å². The number of rotatable bonds is 6. The summed E-state index contributed by atoms with van der Waals surface area (Å²) in [5.41, 5.74) is 0.579. The van der Waals surface area contributed by atoms with Gasteiger partial charge in [-0.2, -0.15) is 0 Å². The number of β-lactam (4-membered cyclic amide) rings is 1. The van der Waals surface area contributed by atoms with E-state index in [1.165, 1.54) is 12.1 Å². The molecule has 1 N–H and O–H groups in total. The number of benzene rings is 1. The number of nitrogens with zero attached hydrogens (tertiary/aromatic N) is 1. The van der Waals surface area contributed by atoms with Crippen molar-refractivity contribution in [2.24, 2.45) is 0 Å². The normalized spacial score (nSPS) is 26.6. The number of nitrogens with one attached hydrogen (secondary N) is 1. The first-order valence-corrected chi connectivity index (χ1v) is 9.63. The maximum absolute atomic E-state index is 12.5. The van der Waals surface area contributed by atoms with Crippen LogP contribution in [-0.2, 0) is 29.9 Å². The molecule has 0 radical (unpaired) electrons. The van der Waals surface area contributed by atoms with Gasteiger partial charge >= 0.3 is 5.97 Å². The Bertz CT molecular complexity index is 855. The van der Waals surface area contributed by atoms with Crippen LogP contribution in [-0.4, -0.2) is 63.0 Å². The minimum atomic E-state index is -1.50. The number of fused-ring (bicyclic) bond motifs is 1. The minimum Gasteiger partial charge on any atom is -0.455 e. The third-order valence-electron chi connectivity index (χ3n) is 4.32. The maximum atomic E-state index is 12.5. The molecule has 0 aliphatic carbocycles. The second kappa shape index (κ2) is 7.61. The number of ketones is 1. The zero-order valence-corrected chi connectivity index (χ0v) is 15.5. The molecule has 2 amide bonds. The van der Waals surface area contributed by atoms with Gasteiger partial charge < -0.3 is 15.0 Å². The predicted octanol–water partition coefficient (Wildman–Crippen LogP) is 0.0359. The second-order valence-corrected chi connectivity index (χ2v) is 7.99. The SMILES string of the molecule is C=C1CS(=O)[C@H]2C(NC=O)C(=O)N2C1C(=O)OCC(=O)c1ccc(Cl)cc1. The van der Waals surface area contributed by atoms with Crippen molar-refractivity contribution in [2.75, 3.05) is 12.4 Å². The van der Waals surface area contributed by atoms with Gasteiger partial charge in [-0.25, -0.2) is 4.79 Å². The lowest BCUT2D eigenvalue weighted by Gasteiger charge is -2.51. The van der Waals surface area contributed by atoms with Gasteiger partial charge in [-0.1, -0.05) is 18.2 Å². The highest BCUT2D eigenvalue weighted by Gasteiger charge is 2.58. The number of amides is 2. The zero-order valence-electron chi connectivity index (χ0n) is 13.9. The van der Waals surface area contributed by atoms with Crippen LogP contribution >= 0.6 is 11.6 Å². The molecule has 3 unspecified atom stereocenters. The predicted molar refractivity (Wildman–Crippen MR) is 96.3 cm³/mol. The van der Waals surface area contributed by atoms with E-state index in [0.717, 1.165) is 4.90 Å². The van der Waals surface area contributed by atoms with Crippen molar-refractivity contribution in [1.82, 2.24) is 10.2 Å². The molecule has 0 aromatic heterocycles. The lowest BCUT2D eigenvalue weighted by Crippen LogP contribution is -2.77. The monoisotopic (exact) mass is 410 g/mol. The highest BCUT2D eigenvalue weighted by atomic mass is 35.5. The van der Waals surface area contributed by atoms with Gasteiger partial charge in [0.2, 0.25) is 12.3 Å². The molecule has 2 aliphatic heterocycles. The van der Waals surface area contributed by atoms with E-state index in [1.807, 2.05) is 0 Å². The van der Waals surface area contributed by atoms with Crippen molar-refractivity contribution < 1.29 is 28.1 Å². The van der Waals surface area contributed by atoms with Crippen molar-refractivity contribution in [3.63, 3.8) is 0 Å². The summed E-state index contributed by atoms with van der Waals surface area (Å²) in [6, 6.07) is 4.01. The molecule has 142 valence electrons. The molecule has 0 saturated carbocycles. The van der Waals surface area contributed by atoms with Crippen LogP contribution in [0.25, 0.3) is 0 Å². The largest absolute Gasteiger partial charge is 0.455 e. The first kappa shape index (κ1) is 19.2. The van der Waals surface area contributed by atoms with E-state index in [-0.39, 0.29) is 11.3 Å². The highest BCUT2D eigenvalue weighted by Crippen LogP contribution is 2.34. The van der Waals surface area contributed by atoms with Gasteiger partial charge in [0.05, 0.1) is 10.8 Å². The molecule has 8 nitrogen and oxygen atoms in total. The Morgan fingerprint density at radius 2 is 2.04 bits per heavy atom. The summed E-state index contributed by atoms with van der Waals surface area (Å²) in [6.07, 6.45) is 0.346. The van der Waals surface area contributed by atoms with Crippen molar-refractivity contribution >= 4 is 46.5 Å². The van der Waals surface area contributed by atoms with E-state index in [1.54, 1.807) is 12.1 Å². The number of hydrogen-bond acceptors (Lipinski definition) is 6. The van der Waals surface area contributed by atoms with Gasteiger partial charge in [0.15, 0.2) is 18.4 Å². The Kier molecular flexibility index (Phi) is 5.43. The van der Waals surface area contributed by atoms with E-state index in [9.17, 15) is 23.4 Å². The summed E-state index contributed by atoms with van der Waals surface area (Å²) in [5.74, 6) is -1.82. The first-order chi connectivity index (χ1) is 12.8. The van der Waals surface area contributed by atoms with Crippen LogP contribution in [0.5, 0.6) is 0 Å². The lowest BCUT2D eigenvalue weighted by molar-refractivity contribution is -0.162. The van der Waals surface area contributed by atoms with E-state index >= 15 is 0 Å². The third kappa shape index (κ3) is 3.52. The Labute approximate surface area is 161 Å². The summed E-state index contributed by atoms with van der Waals surface area (Å²) in [5, 5.41) is 1.95. The number of carbonyl (C=O) groups is 4. The van der Waals surface area contributed by atoms with Crippen molar-refractivity contribution in [3.8, 4) is 0 Å². The van der Waals surface area contributed by atoms with Gasteiger partial charge in [0.1, 0.15) is 11.4 Å². The van der Waals surface area contributed by atoms with E-state index < -0.39 is 52.5 Å². The topological polar surface area (TPSA) is 110 Å². The third-order valence-corrected chi connectivity index (χ3v) is 6.27. The van der Waals surface area contributed by atoms with Gasteiger partial charge in [-0.3, -0.25) is 18.6 Å². The van der Waals surface area contributed by atoms with Crippen molar-refractivity contribution in [1.29, 1.82) is 0 Å². The van der Waals surface area contributed by atoms with Crippen LogP contribution in [0.2, 0.25) is 5.02 Å². The molecular formula is C17H15ClN2O6S. The molecule has 1 aromatic carbocycles. The Hall–Kier alpha value is -2.52. The first-order valence-electron chi connectivity index (χ1n) is 7.87. The number of hydrogen-bond donors (Lipinski definition) is 1. The highest BCUT2D eigenvalue weighted by molar-refractivity contribution is 7.86. The van der Waals surface area contributed by atoms with Gasteiger partial charge in [0, 0.05) is 16.3 Å². The van der Waals surface area contributed by atoms with Crippen LogP contribution < -0.4 is 5.32 Å². The fourth-order valence-electron chi connectivity index (χ4n) is 3.02. The van der Waals surface area contributed by atoms with E-state index in [4.69, 9.17) is 16.3 Å². The van der Waals surface area contributed by atoms with Crippen molar-refractivity contribution in [2.45, 2.75) is 17.5 Å². The summed E-state index contributed by atoms with van der Waals surface area (Å²) in [4.78, 5) is 48.5. The summed E-state index contributed by atoms with van der Waals surface area (Å²) in [7, 11) is -1.50. The molecule has 0 bridgehead atoms. The molecule has 3 rings (SSSR count). The van der Waals surface area contributed by atoms with Crippen LogP contribution in [0.15, 0.2) is 36.4 Å². The molecular weight excluding hydrogens is 396 g/mol. The van der Waals surface area contributed by atoms with Gasteiger partial charge in [-0.05, 0) is 29.8 Å². The summed E-state index contributed by atoms with van der Waals surface area (Å²) in [6.45, 7) is 3.19. The van der Waals surface area contributed by atoms with Gasteiger partial charge in [0.25, 0.3) is 0 Å². The van der Waals surface area contributed by atoms with E-state index in [2.05, 4.69) is 11.9 Å². The fourth-order valence-corrected chi connectivity index (χ4v) is 4.82. The number of ether oxygens (including phenoxy) is 1. The minimum absolute atomic E-state index is 0.00359. The number of esters is 1.